The molecule has 0 saturated heterocycles. The van der Waals surface area contributed by atoms with Crippen molar-refractivity contribution < 1.29 is 17.9 Å². The second-order valence-corrected chi connectivity index (χ2v) is 10.5. The van der Waals surface area contributed by atoms with Gasteiger partial charge in [-0.15, -0.1) is 0 Å². The first-order chi connectivity index (χ1) is 15.8. The third kappa shape index (κ3) is 4.61. The van der Waals surface area contributed by atoms with E-state index < -0.39 is 15.9 Å². The fourth-order valence-corrected chi connectivity index (χ4v) is 5.66. The molecule has 0 spiro atoms. The Kier molecular flexibility index (Phi) is 6.46. The van der Waals surface area contributed by atoms with Gasteiger partial charge in [0.15, 0.2) is 4.80 Å². The lowest BCUT2D eigenvalue weighted by Gasteiger charge is -2.17. The maximum atomic E-state index is 12.9. The topological polar surface area (TPSA) is 81.0 Å². The Morgan fingerprint density at radius 2 is 1.73 bits per heavy atom. The minimum Gasteiger partial charge on any atom is -0.495 e. The highest BCUT2D eigenvalue weighted by atomic mass is 32.2. The highest BCUT2D eigenvalue weighted by molar-refractivity contribution is 7.89. The van der Waals surface area contributed by atoms with E-state index in [4.69, 9.17) is 4.74 Å². The third-order valence-corrected chi connectivity index (χ3v) is 8.17. The van der Waals surface area contributed by atoms with Crippen molar-refractivity contribution in [3.63, 3.8) is 0 Å². The number of rotatable bonds is 6. The Balaban J connectivity index is 1.59. The van der Waals surface area contributed by atoms with Gasteiger partial charge in [-0.3, -0.25) is 4.79 Å². The Morgan fingerprint density at radius 3 is 2.39 bits per heavy atom. The first-order valence-electron chi connectivity index (χ1n) is 10.1. The summed E-state index contributed by atoms with van der Waals surface area (Å²) in [6, 6.07) is 20.9. The second-order valence-electron chi connectivity index (χ2n) is 7.44. The van der Waals surface area contributed by atoms with Gasteiger partial charge in [0.05, 0.1) is 16.7 Å². The zero-order valence-electron chi connectivity index (χ0n) is 18.4. The van der Waals surface area contributed by atoms with Gasteiger partial charge in [-0.2, -0.15) is 9.30 Å². The van der Waals surface area contributed by atoms with Crippen LogP contribution in [-0.4, -0.2) is 37.4 Å². The number of para-hydroxylation sites is 1. The number of hydrogen-bond donors (Lipinski definition) is 0. The molecule has 0 radical (unpaired) electrons. The van der Waals surface area contributed by atoms with Crippen LogP contribution >= 0.6 is 11.3 Å². The van der Waals surface area contributed by atoms with Crippen LogP contribution in [-0.2, 0) is 23.6 Å². The number of hydrogen-bond acceptors (Lipinski definition) is 5. The molecule has 3 aromatic carbocycles. The molecular formula is C24H23N3O4S2. The quantitative estimate of drug-likeness (QED) is 0.419. The van der Waals surface area contributed by atoms with Crippen LogP contribution in [0.3, 0.4) is 0 Å². The van der Waals surface area contributed by atoms with E-state index in [2.05, 4.69) is 4.99 Å². The average molecular weight is 482 g/mol. The number of aryl methyl sites for hydroxylation is 1. The van der Waals surface area contributed by atoms with Crippen molar-refractivity contribution in [1.29, 1.82) is 0 Å². The first kappa shape index (κ1) is 22.9. The minimum atomic E-state index is -3.69. The number of fused-ring (bicyclic) bond motifs is 1. The van der Waals surface area contributed by atoms with E-state index in [0.717, 1.165) is 15.8 Å². The molecule has 0 atom stereocenters. The largest absolute Gasteiger partial charge is 0.495 e. The minimum absolute atomic E-state index is 0.120. The SMILES string of the molecule is COc1cccc2sc(=NC(=O)c3ccc(S(=O)(=O)N(C)Cc4ccccc4)cc3)n(C)c12. The van der Waals surface area contributed by atoms with Crippen molar-refractivity contribution in [2.24, 2.45) is 12.0 Å². The molecule has 0 saturated carbocycles. The molecule has 0 N–H and O–H groups in total. The van der Waals surface area contributed by atoms with E-state index in [9.17, 15) is 13.2 Å². The Labute approximate surface area is 196 Å². The van der Waals surface area contributed by atoms with E-state index in [0.29, 0.717) is 16.1 Å². The van der Waals surface area contributed by atoms with Crippen molar-refractivity contribution >= 4 is 37.5 Å². The predicted molar refractivity (Wildman–Crippen MR) is 129 cm³/mol. The summed E-state index contributed by atoms with van der Waals surface area (Å²) in [5.74, 6) is 0.257. The summed E-state index contributed by atoms with van der Waals surface area (Å²) in [7, 11) is 1.26. The van der Waals surface area contributed by atoms with Crippen LogP contribution in [0.15, 0.2) is 82.7 Å². The van der Waals surface area contributed by atoms with Crippen molar-refractivity contribution in [3.05, 3.63) is 88.7 Å². The molecule has 1 aromatic heterocycles. The van der Waals surface area contributed by atoms with Crippen molar-refractivity contribution in [2.45, 2.75) is 11.4 Å². The van der Waals surface area contributed by atoms with E-state index in [1.54, 1.807) is 7.11 Å². The molecule has 33 heavy (non-hydrogen) atoms. The van der Waals surface area contributed by atoms with Crippen LogP contribution in [0.4, 0.5) is 0 Å². The summed E-state index contributed by atoms with van der Waals surface area (Å²) >= 11 is 1.38. The summed E-state index contributed by atoms with van der Waals surface area (Å²) in [6.07, 6.45) is 0. The van der Waals surface area contributed by atoms with Gasteiger partial charge in [0.25, 0.3) is 5.91 Å². The number of amides is 1. The number of benzene rings is 3. The van der Waals surface area contributed by atoms with Gasteiger partial charge >= 0.3 is 0 Å². The van der Waals surface area contributed by atoms with Crippen LogP contribution in [0, 0.1) is 0 Å². The summed E-state index contributed by atoms with van der Waals surface area (Å²) < 4.78 is 35.3. The molecule has 1 amide bonds. The van der Waals surface area contributed by atoms with Crippen LogP contribution < -0.4 is 9.54 Å². The lowest BCUT2D eigenvalue weighted by atomic mass is 10.2. The summed E-state index contributed by atoms with van der Waals surface area (Å²) in [5.41, 5.74) is 2.06. The van der Waals surface area contributed by atoms with Gasteiger partial charge < -0.3 is 9.30 Å². The van der Waals surface area contributed by atoms with Gasteiger partial charge in [-0.25, -0.2) is 8.42 Å². The van der Waals surface area contributed by atoms with E-state index >= 15 is 0 Å². The molecule has 4 rings (SSSR count). The molecule has 9 heteroatoms. The van der Waals surface area contributed by atoms with Crippen LogP contribution in [0.5, 0.6) is 5.75 Å². The summed E-state index contributed by atoms with van der Waals surface area (Å²) in [4.78, 5) is 17.7. The van der Waals surface area contributed by atoms with E-state index in [1.165, 1.54) is 47.0 Å². The summed E-state index contributed by atoms with van der Waals surface area (Å²) in [5, 5.41) is 0. The molecule has 0 fully saturated rings. The van der Waals surface area contributed by atoms with Gasteiger partial charge in [-0.1, -0.05) is 47.7 Å². The van der Waals surface area contributed by atoms with Crippen molar-refractivity contribution in [3.8, 4) is 5.75 Å². The van der Waals surface area contributed by atoms with Crippen LogP contribution in [0.1, 0.15) is 15.9 Å². The third-order valence-electron chi connectivity index (χ3n) is 5.26. The highest BCUT2D eigenvalue weighted by Crippen LogP contribution is 2.26. The van der Waals surface area contributed by atoms with E-state index in [1.807, 2.05) is 60.1 Å². The number of aromatic nitrogens is 1. The average Bonchev–Trinajstić information content (AvgIpc) is 3.15. The number of carbonyl (C=O) groups is 1. The lowest BCUT2D eigenvalue weighted by molar-refractivity contribution is 0.0998. The molecule has 0 aliphatic heterocycles. The number of sulfonamides is 1. The number of ether oxygens (including phenoxy) is 1. The number of thiazole rings is 1. The van der Waals surface area contributed by atoms with Gasteiger partial charge in [-0.05, 0) is 42.0 Å². The zero-order chi connectivity index (χ0) is 23.6. The fourth-order valence-electron chi connectivity index (χ4n) is 3.47. The Morgan fingerprint density at radius 1 is 1.03 bits per heavy atom. The monoisotopic (exact) mass is 481 g/mol. The number of carbonyl (C=O) groups excluding carboxylic acids is 1. The molecular weight excluding hydrogens is 458 g/mol. The molecule has 7 nitrogen and oxygen atoms in total. The number of nitrogens with zero attached hydrogens (tertiary/aromatic N) is 3. The maximum absolute atomic E-state index is 12.9. The Hall–Kier alpha value is -3.27. The van der Waals surface area contributed by atoms with Crippen LogP contribution in [0.25, 0.3) is 10.2 Å². The first-order valence-corrected chi connectivity index (χ1v) is 12.4. The van der Waals surface area contributed by atoms with E-state index in [-0.39, 0.29) is 11.4 Å². The second kappa shape index (κ2) is 9.30. The molecule has 0 unspecified atom stereocenters. The molecule has 4 aromatic rings. The normalized spacial score (nSPS) is 12.4. The Bertz CT molecular complexity index is 1470. The molecule has 0 bridgehead atoms. The lowest BCUT2D eigenvalue weighted by Crippen LogP contribution is -2.26. The number of methoxy groups -OCH3 is 1. The van der Waals surface area contributed by atoms with Gasteiger partial charge in [0.1, 0.15) is 11.3 Å². The summed E-state index contributed by atoms with van der Waals surface area (Å²) in [6.45, 7) is 0.255. The standard InChI is InChI=1S/C24H23N3O4S2/c1-26(16-17-8-5-4-6-9-17)33(29,30)19-14-12-18(13-15-19)23(28)25-24-27(2)22-20(31-3)10-7-11-21(22)32-24/h4-15H,16H2,1-3H3. The molecule has 0 aliphatic carbocycles. The maximum Gasteiger partial charge on any atom is 0.279 e. The van der Waals surface area contributed by atoms with Crippen molar-refractivity contribution in [1.82, 2.24) is 8.87 Å². The predicted octanol–water partition coefficient (Wildman–Crippen LogP) is 3.81. The molecule has 170 valence electrons. The van der Waals surface area contributed by atoms with Gasteiger partial charge in [0, 0.05) is 26.2 Å². The van der Waals surface area contributed by atoms with Crippen LogP contribution in [0.2, 0.25) is 0 Å². The highest BCUT2D eigenvalue weighted by Gasteiger charge is 2.21. The molecule has 1 heterocycles. The van der Waals surface area contributed by atoms with Gasteiger partial charge in [0.2, 0.25) is 10.0 Å². The smallest absolute Gasteiger partial charge is 0.279 e. The zero-order valence-corrected chi connectivity index (χ0v) is 20.1. The van der Waals surface area contributed by atoms with Crippen molar-refractivity contribution in [2.75, 3.05) is 14.2 Å². The fraction of sp³-hybridized carbons (Fsp3) is 0.167. The molecule has 0 aliphatic rings.